The number of fused-ring (bicyclic) bond motifs is 1. The van der Waals surface area contributed by atoms with Gasteiger partial charge in [-0.05, 0) is 23.2 Å². The number of carbonyl (C=O) groups excluding carboxylic acids is 2. The normalized spacial score (nSPS) is 27.6. The van der Waals surface area contributed by atoms with Gasteiger partial charge in [0.05, 0.1) is 12.6 Å². The van der Waals surface area contributed by atoms with Crippen LogP contribution < -0.4 is 11.1 Å². The highest BCUT2D eigenvalue weighted by atomic mass is 35.5. The van der Waals surface area contributed by atoms with Gasteiger partial charge in [-0.25, -0.2) is 0 Å². The fourth-order valence-electron chi connectivity index (χ4n) is 3.03. The lowest BCUT2D eigenvalue weighted by Crippen LogP contribution is -2.48. The molecule has 2 unspecified atom stereocenters. The molecule has 2 aliphatic rings. The van der Waals surface area contributed by atoms with Gasteiger partial charge in [0.15, 0.2) is 0 Å². The highest BCUT2D eigenvalue weighted by molar-refractivity contribution is 5.87. The molecule has 3 N–H and O–H groups in total. The van der Waals surface area contributed by atoms with Crippen molar-refractivity contribution in [2.75, 3.05) is 19.6 Å². The third-order valence-corrected chi connectivity index (χ3v) is 4.91. The van der Waals surface area contributed by atoms with Gasteiger partial charge in [0, 0.05) is 13.1 Å². The summed E-state index contributed by atoms with van der Waals surface area (Å²) in [5.74, 6) is 1.13. The lowest BCUT2D eigenvalue weighted by atomic mass is 10.1. The summed E-state index contributed by atoms with van der Waals surface area (Å²) in [5, 5.41) is 2.64. The van der Waals surface area contributed by atoms with Crippen LogP contribution >= 0.6 is 12.4 Å². The SMILES string of the molecule is CC(C)[C@H](N)C(=O)NCC(=O)N1CC2C(C1)C2(C)C.Cl. The molecule has 0 aromatic heterocycles. The first-order valence-electron chi connectivity index (χ1n) is 7.06. The molecule has 1 saturated carbocycles. The smallest absolute Gasteiger partial charge is 0.241 e. The molecule has 116 valence electrons. The molecule has 1 saturated heterocycles. The second kappa shape index (κ2) is 5.90. The van der Waals surface area contributed by atoms with Gasteiger partial charge in [-0.1, -0.05) is 27.7 Å². The van der Waals surface area contributed by atoms with E-state index in [-0.39, 0.29) is 36.7 Å². The number of halogens is 1. The van der Waals surface area contributed by atoms with Gasteiger partial charge in [0.2, 0.25) is 11.8 Å². The molecule has 6 heteroatoms. The molecular weight excluding hydrogens is 278 g/mol. The maximum atomic E-state index is 12.0. The van der Waals surface area contributed by atoms with Crippen LogP contribution in [0.15, 0.2) is 0 Å². The molecule has 0 radical (unpaired) electrons. The van der Waals surface area contributed by atoms with E-state index in [0.717, 1.165) is 13.1 Å². The van der Waals surface area contributed by atoms with Crippen molar-refractivity contribution in [1.82, 2.24) is 10.2 Å². The number of nitrogens with zero attached hydrogens (tertiary/aromatic N) is 1. The topological polar surface area (TPSA) is 75.4 Å². The van der Waals surface area contributed by atoms with Crippen LogP contribution in [0.3, 0.4) is 0 Å². The van der Waals surface area contributed by atoms with E-state index in [1.54, 1.807) is 0 Å². The van der Waals surface area contributed by atoms with Crippen LogP contribution in [0, 0.1) is 23.2 Å². The summed E-state index contributed by atoms with van der Waals surface area (Å²) in [6.07, 6.45) is 0. The summed E-state index contributed by atoms with van der Waals surface area (Å²) < 4.78 is 0. The van der Waals surface area contributed by atoms with Crippen LogP contribution in [-0.4, -0.2) is 42.4 Å². The predicted octanol–water partition coefficient (Wildman–Crippen LogP) is 0.622. The van der Waals surface area contributed by atoms with Crippen molar-refractivity contribution < 1.29 is 9.59 Å². The Bertz CT molecular complexity index is 384. The van der Waals surface area contributed by atoms with Crippen LogP contribution in [0.4, 0.5) is 0 Å². The Kier molecular flexibility index (Phi) is 5.08. The number of rotatable bonds is 4. The van der Waals surface area contributed by atoms with Gasteiger partial charge >= 0.3 is 0 Å². The number of carbonyl (C=O) groups is 2. The summed E-state index contributed by atoms with van der Waals surface area (Å²) in [6.45, 7) is 10.0. The van der Waals surface area contributed by atoms with E-state index in [0.29, 0.717) is 17.3 Å². The third kappa shape index (κ3) is 3.09. The molecule has 0 aromatic carbocycles. The first kappa shape index (κ1) is 17.2. The summed E-state index contributed by atoms with van der Waals surface area (Å²) in [4.78, 5) is 25.5. The van der Waals surface area contributed by atoms with Crippen LogP contribution in [0.1, 0.15) is 27.7 Å². The zero-order valence-corrected chi connectivity index (χ0v) is 13.5. The number of likely N-dealkylation sites (tertiary alicyclic amines) is 1. The van der Waals surface area contributed by atoms with Crippen LogP contribution in [0.25, 0.3) is 0 Å². The quantitative estimate of drug-likeness (QED) is 0.799. The maximum Gasteiger partial charge on any atom is 0.241 e. The van der Waals surface area contributed by atoms with Gasteiger partial charge in [-0.15, -0.1) is 12.4 Å². The average molecular weight is 304 g/mol. The van der Waals surface area contributed by atoms with E-state index in [9.17, 15) is 9.59 Å². The molecule has 0 spiro atoms. The van der Waals surface area contributed by atoms with Gasteiger partial charge in [0.25, 0.3) is 0 Å². The summed E-state index contributed by atoms with van der Waals surface area (Å²) in [6, 6.07) is -0.543. The molecule has 20 heavy (non-hydrogen) atoms. The largest absolute Gasteiger partial charge is 0.346 e. The van der Waals surface area contributed by atoms with Crippen molar-refractivity contribution in [1.29, 1.82) is 0 Å². The van der Waals surface area contributed by atoms with Crippen molar-refractivity contribution in [3.05, 3.63) is 0 Å². The van der Waals surface area contributed by atoms with Gasteiger partial charge in [-0.2, -0.15) is 0 Å². The number of nitrogens with two attached hydrogens (primary N) is 1. The molecule has 2 rings (SSSR count). The van der Waals surface area contributed by atoms with E-state index in [1.807, 2.05) is 18.7 Å². The minimum Gasteiger partial charge on any atom is -0.346 e. The summed E-state index contributed by atoms with van der Waals surface area (Å²) in [7, 11) is 0. The van der Waals surface area contributed by atoms with Crippen molar-refractivity contribution in [3.63, 3.8) is 0 Å². The number of hydrogen-bond donors (Lipinski definition) is 2. The molecule has 5 nitrogen and oxygen atoms in total. The monoisotopic (exact) mass is 303 g/mol. The average Bonchev–Trinajstić information content (AvgIpc) is 2.73. The maximum absolute atomic E-state index is 12.0. The zero-order valence-electron chi connectivity index (χ0n) is 12.7. The fourth-order valence-corrected chi connectivity index (χ4v) is 3.03. The molecular formula is C14H26ClN3O2. The Morgan fingerprint density at radius 1 is 1.30 bits per heavy atom. The highest BCUT2D eigenvalue weighted by Gasteiger charge is 2.62. The summed E-state index contributed by atoms with van der Waals surface area (Å²) >= 11 is 0. The van der Waals surface area contributed by atoms with E-state index in [1.165, 1.54) is 0 Å². The molecule has 2 amide bonds. The lowest BCUT2D eigenvalue weighted by Gasteiger charge is -2.23. The first-order valence-corrected chi connectivity index (χ1v) is 7.06. The molecule has 1 aliphatic heterocycles. The molecule has 0 aromatic rings. The number of hydrogen-bond acceptors (Lipinski definition) is 3. The Hall–Kier alpha value is -0.810. The van der Waals surface area contributed by atoms with E-state index in [2.05, 4.69) is 19.2 Å². The van der Waals surface area contributed by atoms with E-state index >= 15 is 0 Å². The second-order valence-electron chi connectivity index (χ2n) is 6.82. The second-order valence-corrected chi connectivity index (χ2v) is 6.82. The Balaban J connectivity index is 0.00000200. The summed E-state index contributed by atoms with van der Waals surface area (Å²) in [5.41, 5.74) is 6.13. The molecule has 1 heterocycles. The standard InChI is InChI=1S/C14H25N3O2.ClH/c1-8(2)12(15)13(19)16-5-11(18)17-6-9-10(7-17)14(9,3)4;/h8-10,12H,5-7,15H2,1-4H3,(H,16,19);1H/t9?,10?,12-;/m0./s1. The van der Waals surface area contributed by atoms with Crippen molar-refractivity contribution >= 4 is 24.2 Å². The molecule has 2 fully saturated rings. The van der Waals surface area contributed by atoms with Gasteiger partial charge < -0.3 is 16.0 Å². The number of piperidine rings is 1. The van der Waals surface area contributed by atoms with Crippen molar-refractivity contribution in [2.45, 2.75) is 33.7 Å². The van der Waals surface area contributed by atoms with Crippen LogP contribution in [0.2, 0.25) is 0 Å². The first-order chi connectivity index (χ1) is 8.75. The Morgan fingerprint density at radius 3 is 2.25 bits per heavy atom. The highest BCUT2D eigenvalue weighted by Crippen LogP contribution is 2.61. The van der Waals surface area contributed by atoms with Gasteiger partial charge in [0.1, 0.15) is 0 Å². The third-order valence-electron chi connectivity index (χ3n) is 4.91. The fraction of sp³-hybridized carbons (Fsp3) is 0.857. The van der Waals surface area contributed by atoms with Crippen LogP contribution in [0.5, 0.6) is 0 Å². The molecule has 3 atom stereocenters. The van der Waals surface area contributed by atoms with E-state index < -0.39 is 6.04 Å². The van der Waals surface area contributed by atoms with Crippen LogP contribution in [-0.2, 0) is 9.59 Å². The predicted molar refractivity (Wildman–Crippen MR) is 80.4 cm³/mol. The van der Waals surface area contributed by atoms with Gasteiger partial charge in [-0.3, -0.25) is 9.59 Å². The Morgan fingerprint density at radius 2 is 1.80 bits per heavy atom. The minimum absolute atomic E-state index is 0. The molecule has 1 aliphatic carbocycles. The minimum atomic E-state index is -0.543. The lowest BCUT2D eigenvalue weighted by molar-refractivity contribution is -0.133. The number of amides is 2. The zero-order chi connectivity index (χ0) is 14.4. The van der Waals surface area contributed by atoms with E-state index in [4.69, 9.17) is 5.73 Å². The molecule has 0 bridgehead atoms. The Labute approximate surface area is 127 Å². The number of nitrogens with one attached hydrogen (secondary N) is 1. The van der Waals surface area contributed by atoms with Crippen molar-refractivity contribution in [3.8, 4) is 0 Å². The van der Waals surface area contributed by atoms with Crippen molar-refractivity contribution in [2.24, 2.45) is 28.9 Å².